The van der Waals surface area contributed by atoms with Gasteiger partial charge in [-0.25, -0.2) is 9.97 Å². The van der Waals surface area contributed by atoms with Gasteiger partial charge >= 0.3 is 0 Å². The fraction of sp³-hybridized carbons (Fsp3) is 0.154. The van der Waals surface area contributed by atoms with E-state index in [4.69, 9.17) is 5.26 Å². The lowest BCUT2D eigenvalue weighted by Gasteiger charge is -2.07. The minimum absolute atomic E-state index is 0.623. The molecule has 0 amide bonds. The molecule has 18 heavy (non-hydrogen) atoms. The Morgan fingerprint density at radius 1 is 1.33 bits per heavy atom. The van der Waals surface area contributed by atoms with Crippen molar-refractivity contribution < 1.29 is 0 Å². The molecular formula is C13H11BrN4. The minimum Gasteiger partial charge on any atom is -0.366 e. The molecule has 0 saturated carbocycles. The van der Waals surface area contributed by atoms with Crippen LogP contribution in [0, 0.1) is 18.3 Å². The van der Waals surface area contributed by atoms with Crippen LogP contribution in [0.5, 0.6) is 0 Å². The van der Waals surface area contributed by atoms with Crippen LogP contribution >= 0.6 is 15.9 Å². The number of hydrogen-bond acceptors (Lipinski definition) is 4. The number of halogens is 1. The Morgan fingerprint density at radius 3 is 2.89 bits per heavy atom. The normalized spacial score (nSPS) is 9.83. The quantitative estimate of drug-likeness (QED) is 0.885. The Balaban J connectivity index is 2.09. The first-order valence-electron chi connectivity index (χ1n) is 5.41. The summed E-state index contributed by atoms with van der Waals surface area (Å²) in [7, 11) is 0. The highest BCUT2D eigenvalue weighted by molar-refractivity contribution is 9.10. The van der Waals surface area contributed by atoms with Crippen LogP contribution in [0.25, 0.3) is 0 Å². The van der Waals surface area contributed by atoms with Gasteiger partial charge in [0, 0.05) is 12.6 Å². The molecule has 0 fully saturated rings. The number of nitrogens with zero attached hydrogens (tertiary/aromatic N) is 3. The molecule has 0 aliphatic carbocycles. The molecule has 0 unspecified atom stereocenters. The van der Waals surface area contributed by atoms with Gasteiger partial charge in [0.15, 0.2) is 0 Å². The fourth-order valence-electron chi connectivity index (χ4n) is 1.57. The van der Waals surface area contributed by atoms with Gasteiger partial charge in [0.1, 0.15) is 16.2 Å². The van der Waals surface area contributed by atoms with Crippen LogP contribution in [0.2, 0.25) is 0 Å². The number of nitrogens with one attached hydrogen (secondary N) is 1. The molecule has 1 aromatic heterocycles. The molecule has 4 nitrogen and oxygen atoms in total. The molecule has 0 saturated heterocycles. The van der Waals surface area contributed by atoms with Crippen LogP contribution in [0.15, 0.2) is 34.9 Å². The topological polar surface area (TPSA) is 61.6 Å². The van der Waals surface area contributed by atoms with Gasteiger partial charge in [-0.3, -0.25) is 0 Å². The molecule has 90 valence electrons. The van der Waals surface area contributed by atoms with Crippen LogP contribution in [0.1, 0.15) is 17.0 Å². The smallest absolute Gasteiger partial charge is 0.131 e. The summed E-state index contributed by atoms with van der Waals surface area (Å²) in [6.45, 7) is 2.46. The van der Waals surface area contributed by atoms with E-state index in [1.807, 2.05) is 31.2 Å². The lowest BCUT2D eigenvalue weighted by molar-refractivity contribution is 1.01. The maximum atomic E-state index is 8.82. The number of nitriles is 1. The number of hydrogen-bond donors (Lipinski definition) is 1. The van der Waals surface area contributed by atoms with E-state index in [2.05, 4.69) is 37.3 Å². The maximum absolute atomic E-state index is 8.82. The lowest BCUT2D eigenvalue weighted by Crippen LogP contribution is -2.03. The third kappa shape index (κ3) is 3.28. The van der Waals surface area contributed by atoms with Crippen molar-refractivity contribution in [1.82, 2.24) is 9.97 Å². The van der Waals surface area contributed by atoms with E-state index < -0.39 is 0 Å². The van der Waals surface area contributed by atoms with Gasteiger partial charge in [-0.05, 0) is 40.5 Å². The van der Waals surface area contributed by atoms with E-state index in [1.165, 1.54) is 0 Å². The number of rotatable bonds is 3. The van der Waals surface area contributed by atoms with Gasteiger partial charge in [0.25, 0.3) is 0 Å². The van der Waals surface area contributed by atoms with E-state index >= 15 is 0 Å². The second-order valence-corrected chi connectivity index (χ2v) is 4.60. The average Bonchev–Trinajstić information content (AvgIpc) is 2.35. The first-order chi connectivity index (χ1) is 8.67. The largest absolute Gasteiger partial charge is 0.366 e. The molecule has 2 aromatic rings. The van der Waals surface area contributed by atoms with Gasteiger partial charge in [0.2, 0.25) is 0 Å². The number of anilines is 1. The van der Waals surface area contributed by atoms with Gasteiger partial charge in [-0.15, -0.1) is 0 Å². The first-order valence-corrected chi connectivity index (χ1v) is 6.21. The third-order valence-corrected chi connectivity index (χ3v) is 2.74. The van der Waals surface area contributed by atoms with Crippen molar-refractivity contribution in [3.05, 3.63) is 51.9 Å². The molecule has 0 aliphatic heterocycles. The van der Waals surface area contributed by atoms with Gasteiger partial charge in [-0.2, -0.15) is 5.26 Å². The van der Waals surface area contributed by atoms with Crippen molar-refractivity contribution in [2.45, 2.75) is 13.5 Å². The average molecular weight is 303 g/mol. The Morgan fingerprint density at radius 2 is 2.17 bits per heavy atom. The van der Waals surface area contributed by atoms with Crippen LogP contribution in [-0.4, -0.2) is 9.97 Å². The molecule has 1 aromatic carbocycles. The number of aromatic nitrogens is 2. The van der Waals surface area contributed by atoms with E-state index in [-0.39, 0.29) is 0 Å². The summed E-state index contributed by atoms with van der Waals surface area (Å²) in [5.41, 5.74) is 1.70. The van der Waals surface area contributed by atoms with Gasteiger partial charge in [-0.1, -0.05) is 12.1 Å². The Hall–Kier alpha value is -1.93. The lowest BCUT2D eigenvalue weighted by atomic mass is 10.1. The Labute approximate surface area is 114 Å². The van der Waals surface area contributed by atoms with Gasteiger partial charge < -0.3 is 5.32 Å². The summed E-state index contributed by atoms with van der Waals surface area (Å²) >= 11 is 3.33. The zero-order valence-electron chi connectivity index (χ0n) is 9.81. The highest BCUT2D eigenvalue weighted by atomic mass is 79.9. The summed E-state index contributed by atoms with van der Waals surface area (Å²) in [5, 5.41) is 12.0. The zero-order valence-corrected chi connectivity index (χ0v) is 11.4. The molecule has 2 rings (SSSR count). The molecule has 0 spiro atoms. The minimum atomic E-state index is 0.623. The fourth-order valence-corrected chi connectivity index (χ4v) is 2.04. The standard InChI is InChI=1S/C13H11BrN4/c1-9-17-12(14)6-13(18-9)16-8-11-4-2-3-10(5-11)7-15/h2-6H,8H2,1H3,(H,16,17,18). The van der Waals surface area contributed by atoms with Crippen molar-refractivity contribution in [1.29, 1.82) is 5.26 Å². The summed E-state index contributed by atoms with van der Waals surface area (Å²) < 4.78 is 0.753. The summed E-state index contributed by atoms with van der Waals surface area (Å²) in [4.78, 5) is 8.41. The second-order valence-electron chi connectivity index (χ2n) is 3.79. The molecule has 0 radical (unpaired) electrons. The van der Waals surface area contributed by atoms with Crippen LogP contribution in [-0.2, 0) is 6.54 Å². The monoisotopic (exact) mass is 302 g/mol. The zero-order chi connectivity index (χ0) is 13.0. The van der Waals surface area contributed by atoms with Crippen molar-refractivity contribution in [2.24, 2.45) is 0 Å². The highest BCUT2D eigenvalue weighted by Crippen LogP contribution is 2.13. The Kier molecular flexibility index (Phi) is 3.90. The molecule has 1 heterocycles. The molecule has 0 bridgehead atoms. The number of benzene rings is 1. The van der Waals surface area contributed by atoms with Gasteiger partial charge in [0.05, 0.1) is 11.6 Å². The highest BCUT2D eigenvalue weighted by Gasteiger charge is 2.00. The predicted octanol–water partition coefficient (Wildman–Crippen LogP) is 3.03. The molecule has 5 heteroatoms. The SMILES string of the molecule is Cc1nc(Br)cc(NCc2cccc(C#N)c2)n1. The molecule has 0 aliphatic rings. The third-order valence-electron chi connectivity index (χ3n) is 2.34. The van der Waals surface area contributed by atoms with Crippen molar-refractivity contribution in [3.63, 3.8) is 0 Å². The first kappa shape index (κ1) is 12.5. The molecule has 0 atom stereocenters. The van der Waals surface area contributed by atoms with Crippen molar-refractivity contribution in [3.8, 4) is 6.07 Å². The molecular weight excluding hydrogens is 292 g/mol. The predicted molar refractivity (Wildman–Crippen MR) is 73.0 cm³/mol. The van der Waals surface area contributed by atoms with Crippen molar-refractivity contribution in [2.75, 3.05) is 5.32 Å². The van der Waals surface area contributed by atoms with Crippen LogP contribution in [0.4, 0.5) is 5.82 Å². The summed E-state index contributed by atoms with van der Waals surface area (Å²) in [6.07, 6.45) is 0. The second kappa shape index (κ2) is 5.61. The van der Waals surface area contributed by atoms with E-state index in [9.17, 15) is 0 Å². The number of aryl methyl sites for hydroxylation is 1. The Bertz CT molecular complexity index is 584. The van der Waals surface area contributed by atoms with Crippen LogP contribution in [0.3, 0.4) is 0 Å². The summed E-state index contributed by atoms with van der Waals surface area (Å²) in [6, 6.07) is 11.4. The van der Waals surface area contributed by atoms with E-state index in [1.54, 1.807) is 6.07 Å². The van der Waals surface area contributed by atoms with E-state index in [0.717, 1.165) is 16.0 Å². The maximum Gasteiger partial charge on any atom is 0.131 e. The summed E-state index contributed by atoms with van der Waals surface area (Å²) in [5.74, 6) is 1.47. The van der Waals surface area contributed by atoms with E-state index in [0.29, 0.717) is 17.9 Å². The van der Waals surface area contributed by atoms with Crippen LogP contribution < -0.4 is 5.32 Å². The molecule has 1 N–H and O–H groups in total. The van der Waals surface area contributed by atoms with Crippen molar-refractivity contribution >= 4 is 21.7 Å².